The molecule has 1 aliphatic carbocycles. The molecule has 5 rings (SSSR count). The molecule has 2 nitrogen and oxygen atoms in total. The third-order valence-electron chi connectivity index (χ3n) is 5.46. The molecular weight excluding hydrogens is 252 g/mol. The van der Waals surface area contributed by atoms with Gasteiger partial charge >= 0.3 is 11.8 Å². The Morgan fingerprint density at radius 3 is 1.61 bits per heavy atom. The van der Waals surface area contributed by atoms with Crippen molar-refractivity contribution in [1.29, 1.82) is 0 Å². The second-order valence-corrected chi connectivity index (χ2v) is 5.97. The lowest BCUT2D eigenvalue weighted by atomic mass is 9.53. The molecule has 0 N–H and O–H groups in total. The smallest absolute Gasteiger partial charge is 0.316 e. The topological polar surface area (TPSA) is 18.5 Å². The van der Waals surface area contributed by atoms with Crippen LogP contribution in [0.4, 0.5) is 17.6 Å². The average Bonchev–Trinajstić information content (AvgIpc) is 3.04. The molecule has 3 saturated heterocycles. The van der Waals surface area contributed by atoms with Crippen LogP contribution in [0.5, 0.6) is 0 Å². The summed E-state index contributed by atoms with van der Waals surface area (Å²) >= 11 is 0. The second-order valence-electron chi connectivity index (χ2n) is 5.97. The van der Waals surface area contributed by atoms with Crippen molar-refractivity contribution in [2.24, 2.45) is 23.7 Å². The normalized spacial score (nSPS) is 63.8. The predicted octanol–water partition coefficient (Wildman–Crippen LogP) is 1.85. The van der Waals surface area contributed by atoms with Gasteiger partial charge in [0.25, 0.3) is 0 Å². The van der Waals surface area contributed by atoms with Crippen LogP contribution in [0.25, 0.3) is 0 Å². The zero-order chi connectivity index (χ0) is 12.4. The molecule has 1 saturated carbocycles. The first-order valence-electron chi connectivity index (χ1n) is 6.19. The van der Waals surface area contributed by atoms with E-state index in [4.69, 9.17) is 9.47 Å². The minimum absolute atomic E-state index is 0.159. The van der Waals surface area contributed by atoms with Gasteiger partial charge in [-0.15, -0.1) is 0 Å². The van der Waals surface area contributed by atoms with Gasteiger partial charge in [-0.25, -0.2) is 0 Å². The summed E-state index contributed by atoms with van der Waals surface area (Å²) in [4.78, 5) is 0. The molecular formula is C12H10F4O2. The Morgan fingerprint density at radius 1 is 0.722 bits per heavy atom. The van der Waals surface area contributed by atoms with Crippen LogP contribution in [0.3, 0.4) is 0 Å². The first-order valence-corrected chi connectivity index (χ1v) is 6.19. The molecule has 4 fully saturated rings. The van der Waals surface area contributed by atoms with Crippen molar-refractivity contribution in [1.82, 2.24) is 0 Å². The van der Waals surface area contributed by atoms with E-state index in [0.29, 0.717) is 0 Å². The summed E-state index contributed by atoms with van der Waals surface area (Å²) in [6.45, 7) is 0. The van der Waals surface area contributed by atoms with E-state index in [2.05, 4.69) is 0 Å². The van der Waals surface area contributed by atoms with E-state index in [0.717, 1.165) is 0 Å². The minimum Gasteiger partial charge on any atom is -0.373 e. The number of hydrogen-bond acceptors (Lipinski definition) is 2. The highest BCUT2D eigenvalue weighted by molar-refractivity contribution is 5.30. The van der Waals surface area contributed by atoms with Gasteiger partial charge in [-0.1, -0.05) is 12.2 Å². The maximum absolute atomic E-state index is 13.5. The van der Waals surface area contributed by atoms with Crippen LogP contribution in [-0.4, -0.2) is 36.3 Å². The molecule has 0 aromatic carbocycles. The standard InChI is InChI=1S/C12H10F4O2/c13-11(14)7-8(12(11,15)16)10-6-4-2-1-3(17-4)5(6)9(7)18-10/h1-10H/t3-,4+,5-,6-,7+,8-,9-,10+/m0/s1. The maximum atomic E-state index is 13.5. The van der Waals surface area contributed by atoms with Crippen molar-refractivity contribution >= 4 is 0 Å². The summed E-state index contributed by atoms with van der Waals surface area (Å²) in [5.74, 6) is -10.8. The highest BCUT2D eigenvalue weighted by Crippen LogP contribution is 2.73. The van der Waals surface area contributed by atoms with Crippen LogP contribution in [0, 0.1) is 23.7 Å². The Morgan fingerprint density at radius 2 is 1.17 bits per heavy atom. The Kier molecular flexibility index (Phi) is 1.42. The van der Waals surface area contributed by atoms with Gasteiger partial charge in [0, 0.05) is 11.8 Å². The van der Waals surface area contributed by atoms with Crippen LogP contribution >= 0.6 is 0 Å². The zero-order valence-electron chi connectivity index (χ0n) is 9.10. The van der Waals surface area contributed by atoms with Crippen molar-refractivity contribution in [2.75, 3.05) is 0 Å². The molecule has 8 atom stereocenters. The lowest BCUT2D eigenvalue weighted by Crippen LogP contribution is -2.72. The van der Waals surface area contributed by atoms with Gasteiger partial charge in [0.15, 0.2) is 0 Å². The SMILES string of the molecule is FC1(F)[C@@H]2[C@@H]3O[C@@H]([C@@H]4[C@@H]3[C@H]3C=C[C@@H]4O3)[C@@H]2C1(F)F. The summed E-state index contributed by atoms with van der Waals surface area (Å²) < 4.78 is 65.3. The number of alkyl halides is 4. The van der Waals surface area contributed by atoms with Crippen LogP contribution in [0.2, 0.25) is 0 Å². The summed E-state index contributed by atoms with van der Waals surface area (Å²) in [5, 5.41) is 0. The van der Waals surface area contributed by atoms with E-state index in [1.54, 1.807) is 0 Å². The molecule has 18 heavy (non-hydrogen) atoms. The molecule has 98 valence electrons. The van der Waals surface area contributed by atoms with Crippen LogP contribution in [0.1, 0.15) is 0 Å². The van der Waals surface area contributed by atoms with Crippen LogP contribution < -0.4 is 0 Å². The van der Waals surface area contributed by atoms with Gasteiger partial charge in [-0.2, -0.15) is 17.6 Å². The lowest BCUT2D eigenvalue weighted by molar-refractivity contribution is -0.358. The molecule has 4 heterocycles. The molecule has 4 bridgehead atoms. The van der Waals surface area contributed by atoms with Gasteiger partial charge in [-0.3, -0.25) is 0 Å². The minimum atomic E-state index is -3.92. The van der Waals surface area contributed by atoms with Crippen LogP contribution in [-0.2, 0) is 9.47 Å². The molecule has 0 unspecified atom stereocenters. The summed E-state index contributed by atoms with van der Waals surface area (Å²) in [5.41, 5.74) is 0. The third-order valence-corrected chi connectivity index (χ3v) is 5.46. The monoisotopic (exact) mass is 262 g/mol. The van der Waals surface area contributed by atoms with Crippen molar-refractivity contribution < 1.29 is 27.0 Å². The van der Waals surface area contributed by atoms with Gasteiger partial charge in [0.2, 0.25) is 0 Å². The summed E-state index contributed by atoms with van der Waals surface area (Å²) in [7, 11) is 0. The van der Waals surface area contributed by atoms with Gasteiger partial charge in [0.05, 0.1) is 36.3 Å². The van der Waals surface area contributed by atoms with Gasteiger partial charge in [-0.05, 0) is 0 Å². The number of hydrogen-bond donors (Lipinski definition) is 0. The fourth-order valence-corrected chi connectivity index (χ4v) is 4.81. The zero-order valence-corrected chi connectivity index (χ0v) is 9.10. The van der Waals surface area contributed by atoms with E-state index < -0.39 is 35.9 Å². The van der Waals surface area contributed by atoms with Gasteiger partial charge in [0.1, 0.15) is 0 Å². The molecule has 4 aliphatic heterocycles. The van der Waals surface area contributed by atoms with Crippen molar-refractivity contribution in [3.8, 4) is 0 Å². The fraction of sp³-hybridized carbons (Fsp3) is 0.833. The first-order chi connectivity index (χ1) is 8.44. The van der Waals surface area contributed by atoms with E-state index in [9.17, 15) is 17.6 Å². The van der Waals surface area contributed by atoms with Gasteiger partial charge < -0.3 is 9.47 Å². The highest BCUT2D eigenvalue weighted by Gasteiger charge is 2.89. The third kappa shape index (κ3) is 0.744. The first kappa shape index (κ1) is 10.2. The van der Waals surface area contributed by atoms with Crippen molar-refractivity contribution in [2.45, 2.75) is 36.3 Å². The van der Waals surface area contributed by atoms with E-state index in [-0.39, 0.29) is 24.0 Å². The van der Waals surface area contributed by atoms with E-state index >= 15 is 0 Å². The average molecular weight is 262 g/mol. The molecule has 0 radical (unpaired) electrons. The summed E-state index contributed by atoms with van der Waals surface area (Å²) in [6, 6.07) is 0. The molecule has 0 amide bonds. The van der Waals surface area contributed by atoms with Crippen molar-refractivity contribution in [3.63, 3.8) is 0 Å². The Hall–Kier alpha value is -0.620. The quantitative estimate of drug-likeness (QED) is 0.490. The molecule has 0 aromatic rings. The molecule has 6 heteroatoms. The molecule has 0 spiro atoms. The maximum Gasteiger partial charge on any atom is 0.316 e. The Balaban J connectivity index is 1.61. The molecule has 5 aliphatic rings. The van der Waals surface area contributed by atoms with E-state index in [1.807, 2.05) is 12.2 Å². The van der Waals surface area contributed by atoms with Crippen molar-refractivity contribution in [3.05, 3.63) is 12.2 Å². The largest absolute Gasteiger partial charge is 0.373 e. The number of ether oxygens (including phenoxy) is 2. The Labute approximate surface area is 99.9 Å². The van der Waals surface area contributed by atoms with E-state index in [1.165, 1.54) is 0 Å². The lowest BCUT2D eigenvalue weighted by Gasteiger charge is -2.53. The number of fused-ring (bicyclic) bond motifs is 12. The number of halogens is 4. The Bertz CT molecular complexity index is 437. The molecule has 0 aromatic heterocycles. The second kappa shape index (κ2) is 2.50. The highest BCUT2D eigenvalue weighted by atomic mass is 19.3. The summed E-state index contributed by atoms with van der Waals surface area (Å²) in [6.07, 6.45) is 1.72. The number of rotatable bonds is 0. The van der Waals surface area contributed by atoms with Crippen LogP contribution in [0.15, 0.2) is 12.2 Å². The fourth-order valence-electron chi connectivity index (χ4n) is 4.81. The predicted molar refractivity (Wildman–Crippen MR) is 50.3 cm³/mol.